The first kappa shape index (κ1) is 11.9. The van der Waals surface area contributed by atoms with E-state index in [2.05, 4.69) is 24.3 Å². The third-order valence-electron chi connectivity index (χ3n) is 4.26. The molecule has 0 radical (unpaired) electrons. The fraction of sp³-hybridized carbons (Fsp3) is 0.714. The maximum absolute atomic E-state index is 12.3. The molecule has 4 nitrogen and oxygen atoms in total. The van der Waals surface area contributed by atoms with Gasteiger partial charge in [-0.15, -0.1) is 0 Å². The molecule has 3 atom stereocenters. The van der Waals surface area contributed by atoms with Crippen molar-refractivity contribution < 1.29 is 4.79 Å². The van der Waals surface area contributed by atoms with E-state index in [0.29, 0.717) is 30.3 Å². The largest absolute Gasteiger partial charge is 0.310 e. The quantitative estimate of drug-likeness (QED) is 0.881. The number of nitrogens with one attached hydrogen (secondary N) is 1. The Labute approximate surface area is 108 Å². The Morgan fingerprint density at radius 3 is 2.94 bits per heavy atom. The van der Waals surface area contributed by atoms with Crippen molar-refractivity contribution in [3.63, 3.8) is 0 Å². The number of rotatable bonds is 4. The minimum absolute atomic E-state index is 0.230. The van der Waals surface area contributed by atoms with Crippen LogP contribution in [0.3, 0.4) is 0 Å². The Bertz CT molecular complexity index is 452. The van der Waals surface area contributed by atoms with Crippen LogP contribution in [0.15, 0.2) is 12.3 Å². The monoisotopic (exact) mass is 247 g/mol. The van der Waals surface area contributed by atoms with Gasteiger partial charge in [-0.05, 0) is 39.2 Å². The zero-order valence-corrected chi connectivity index (χ0v) is 11.1. The first-order valence-electron chi connectivity index (χ1n) is 6.96. The van der Waals surface area contributed by atoms with Crippen molar-refractivity contribution in [2.45, 2.75) is 57.7 Å². The van der Waals surface area contributed by atoms with E-state index in [4.69, 9.17) is 0 Å². The summed E-state index contributed by atoms with van der Waals surface area (Å²) in [7, 11) is 0. The van der Waals surface area contributed by atoms with Gasteiger partial charge in [0.1, 0.15) is 5.78 Å². The molecule has 98 valence electrons. The van der Waals surface area contributed by atoms with Crippen molar-refractivity contribution in [1.82, 2.24) is 15.1 Å². The highest BCUT2D eigenvalue weighted by Gasteiger charge is 2.42. The summed E-state index contributed by atoms with van der Waals surface area (Å²) in [6, 6.07) is 3.36. The van der Waals surface area contributed by atoms with Crippen LogP contribution in [-0.2, 0) is 11.2 Å². The van der Waals surface area contributed by atoms with Crippen LogP contribution < -0.4 is 5.32 Å². The van der Waals surface area contributed by atoms with Gasteiger partial charge in [0, 0.05) is 30.2 Å². The van der Waals surface area contributed by atoms with Crippen molar-refractivity contribution in [3.05, 3.63) is 18.0 Å². The molecule has 1 N–H and O–H groups in total. The molecule has 2 aliphatic heterocycles. The molecule has 3 unspecified atom stereocenters. The molecule has 0 aromatic carbocycles. The molecule has 0 saturated carbocycles. The standard InChI is InChI=1S/C14H21N3O/c1-9(2)17-6-5-11(16-17)8-14(18)12-7-10-3-4-13(12)15-10/h5-6,9-10,12-13,15H,3-4,7-8H2,1-2H3. The van der Waals surface area contributed by atoms with Gasteiger partial charge in [-0.2, -0.15) is 5.10 Å². The van der Waals surface area contributed by atoms with Gasteiger partial charge in [0.2, 0.25) is 0 Å². The molecule has 2 bridgehead atoms. The second kappa shape index (κ2) is 4.50. The third kappa shape index (κ3) is 2.09. The number of carbonyl (C=O) groups excluding carboxylic acids is 1. The summed E-state index contributed by atoms with van der Waals surface area (Å²) < 4.78 is 1.92. The van der Waals surface area contributed by atoms with Gasteiger partial charge in [0.05, 0.1) is 12.1 Å². The van der Waals surface area contributed by atoms with Crippen LogP contribution >= 0.6 is 0 Å². The van der Waals surface area contributed by atoms with Crippen molar-refractivity contribution >= 4 is 5.78 Å². The summed E-state index contributed by atoms with van der Waals surface area (Å²) in [6.07, 6.45) is 5.91. The zero-order chi connectivity index (χ0) is 12.7. The van der Waals surface area contributed by atoms with Gasteiger partial charge in [0.15, 0.2) is 0 Å². The van der Waals surface area contributed by atoms with Gasteiger partial charge in [-0.1, -0.05) is 0 Å². The molecular weight excluding hydrogens is 226 g/mol. The second-order valence-electron chi connectivity index (χ2n) is 5.91. The van der Waals surface area contributed by atoms with E-state index >= 15 is 0 Å². The van der Waals surface area contributed by atoms with Crippen LogP contribution in [0, 0.1) is 5.92 Å². The summed E-state index contributed by atoms with van der Waals surface area (Å²) in [5.41, 5.74) is 0.913. The lowest BCUT2D eigenvalue weighted by Gasteiger charge is -2.18. The van der Waals surface area contributed by atoms with Crippen LogP contribution in [0.5, 0.6) is 0 Å². The fourth-order valence-electron chi connectivity index (χ4n) is 3.25. The van der Waals surface area contributed by atoms with E-state index in [1.54, 1.807) is 0 Å². The van der Waals surface area contributed by atoms with Crippen molar-refractivity contribution in [1.29, 1.82) is 0 Å². The molecule has 1 aromatic heterocycles. The average molecular weight is 247 g/mol. The Balaban J connectivity index is 1.63. The number of aromatic nitrogens is 2. The second-order valence-corrected chi connectivity index (χ2v) is 5.91. The van der Waals surface area contributed by atoms with Crippen LogP contribution in [0.2, 0.25) is 0 Å². The molecule has 18 heavy (non-hydrogen) atoms. The normalized spacial score (nSPS) is 30.3. The Hall–Kier alpha value is -1.16. The number of carbonyl (C=O) groups is 1. The number of nitrogens with zero attached hydrogens (tertiary/aromatic N) is 2. The first-order valence-corrected chi connectivity index (χ1v) is 6.96. The molecule has 0 spiro atoms. The lowest BCUT2D eigenvalue weighted by molar-refractivity contribution is -0.122. The summed E-state index contributed by atoms with van der Waals surface area (Å²) in [4.78, 5) is 12.3. The number of fused-ring (bicyclic) bond motifs is 2. The molecule has 3 rings (SSSR count). The molecule has 0 aliphatic carbocycles. The van der Waals surface area contributed by atoms with Crippen molar-refractivity contribution in [2.24, 2.45) is 5.92 Å². The smallest absolute Gasteiger partial charge is 0.143 e. The van der Waals surface area contributed by atoms with E-state index in [0.717, 1.165) is 12.1 Å². The molecule has 0 amide bonds. The van der Waals surface area contributed by atoms with Crippen LogP contribution in [0.25, 0.3) is 0 Å². The summed E-state index contributed by atoms with van der Waals surface area (Å²) >= 11 is 0. The van der Waals surface area contributed by atoms with E-state index in [9.17, 15) is 4.79 Å². The Kier molecular flexibility index (Phi) is 2.98. The van der Waals surface area contributed by atoms with Crippen LogP contribution in [0.1, 0.15) is 44.8 Å². The van der Waals surface area contributed by atoms with Crippen molar-refractivity contribution in [2.75, 3.05) is 0 Å². The maximum atomic E-state index is 12.3. The lowest BCUT2D eigenvalue weighted by atomic mass is 9.85. The number of Topliss-reactive ketones (excluding diaryl/α,β-unsaturated/α-hetero) is 1. The lowest BCUT2D eigenvalue weighted by Crippen LogP contribution is -2.29. The van der Waals surface area contributed by atoms with E-state index < -0.39 is 0 Å². The summed E-state index contributed by atoms with van der Waals surface area (Å²) in [5, 5.41) is 7.98. The molecular formula is C14H21N3O. The van der Waals surface area contributed by atoms with E-state index in [1.165, 1.54) is 12.8 Å². The highest BCUT2D eigenvalue weighted by Crippen LogP contribution is 2.34. The predicted octanol–water partition coefficient (Wildman–Crippen LogP) is 1.72. The third-order valence-corrected chi connectivity index (χ3v) is 4.26. The van der Waals surface area contributed by atoms with Crippen LogP contribution in [0.4, 0.5) is 0 Å². The zero-order valence-electron chi connectivity index (χ0n) is 11.1. The molecule has 2 saturated heterocycles. The van der Waals surface area contributed by atoms with Gasteiger partial charge in [-0.3, -0.25) is 9.48 Å². The van der Waals surface area contributed by atoms with E-state index in [-0.39, 0.29) is 5.92 Å². The first-order chi connectivity index (χ1) is 8.63. The maximum Gasteiger partial charge on any atom is 0.143 e. The number of ketones is 1. The Morgan fingerprint density at radius 2 is 2.39 bits per heavy atom. The summed E-state index contributed by atoms with van der Waals surface area (Å²) in [6.45, 7) is 4.19. The number of hydrogen-bond donors (Lipinski definition) is 1. The molecule has 1 aromatic rings. The molecule has 3 heterocycles. The minimum Gasteiger partial charge on any atom is -0.310 e. The highest BCUT2D eigenvalue weighted by molar-refractivity contribution is 5.84. The van der Waals surface area contributed by atoms with Gasteiger partial charge in [0.25, 0.3) is 0 Å². The number of hydrogen-bond acceptors (Lipinski definition) is 3. The van der Waals surface area contributed by atoms with Crippen LogP contribution in [-0.4, -0.2) is 27.6 Å². The molecule has 4 heteroatoms. The molecule has 2 aliphatic rings. The van der Waals surface area contributed by atoms with Gasteiger partial charge >= 0.3 is 0 Å². The van der Waals surface area contributed by atoms with Gasteiger partial charge in [-0.25, -0.2) is 0 Å². The summed E-state index contributed by atoms with van der Waals surface area (Å²) in [5.74, 6) is 0.594. The Morgan fingerprint density at radius 1 is 1.56 bits per heavy atom. The SMILES string of the molecule is CC(C)n1ccc(CC(=O)C2CC3CCC2N3)n1. The van der Waals surface area contributed by atoms with E-state index in [1.807, 2.05) is 16.9 Å². The average Bonchev–Trinajstić information content (AvgIpc) is 3.03. The van der Waals surface area contributed by atoms with Crippen molar-refractivity contribution in [3.8, 4) is 0 Å². The minimum atomic E-state index is 0.230. The molecule has 2 fully saturated rings. The fourth-order valence-corrected chi connectivity index (χ4v) is 3.25. The van der Waals surface area contributed by atoms with Gasteiger partial charge < -0.3 is 5.32 Å². The topological polar surface area (TPSA) is 46.9 Å². The highest BCUT2D eigenvalue weighted by atomic mass is 16.1. The predicted molar refractivity (Wildman–Crippen MR) is 69.4 cm³/mol.